The van der Waals surface area contributed by atoms with Crippen molar-refractivity contribution in [2.75, 3.05) is 0 Å². The summed E-state index contributed by atoms with van der Waals surface area (Å²) in [6.07, 6.45) is 0. The molecule has 0 atom stereocenters. The number of carbonyl (C=O) groups is 1. The molecular weight excluding hydrogens is 369 g/mol. The lowest BCUT2D eigenvalue weighted by atomic mass is 9.99. The van der Waals surface area contributed by atoms with Crippen LogP contribution in [0, 0.1) is 5.82 Å². The number of benzene rings is 3. The van der Waals surface area contributed by atoms with Crippen molar-refractivity contribution in [1.82, 2.24) is 25.5 Å². The third-order valence-electron chi connectivity index (χ3n) is 4.41. The Labute approximate surface area is 167 Å². The fourth-order valence-electron chi connectivity index (χ4n) is 3.01. The van der Waals surface area contributed by atoms with Gasteiger partial charge in [0.1, 0.15) is 12.4 Å². The lowest BCUT2D eigenvalue weighted by molar-refractivity contribution is -0.122. The van der Waals surface area contributed by atoms with Gasteiger partial charge in [0.25, 0.3) is 0 Å². The quantitative estimate of drug-likeness (QED) is 0.550. The van der Waals surface area contributed by atoms with Crippen molar-refractivity contribution in [2.24, 2.45) is 0 Å². The number of hydrogen-bond donors (Lipinski definition) is 1. The van der Waals surface area contributed by atoms with Gasteiger partial charge in [-0.25, -0.2) is 4.39 Å². The summed E-state index contributed by atoms with van der Waals surface area (Å²) in [5.41, 5.74) is 2.58. The number of tetrazole rings is 1. The first kappa shape index (κ1) is 18.5. The zero-order chi connectivity index (χ0) is 20.1. The van der Waals surface area contributed by atoms with Crippen LogP contribution in [0.3, 0.4) is 0 Å². The van der Waals surface area contributed by atoms with E-state index in [0.717, 1.165) is 11.1 Å². The van der Waals surface area contributed by atoms with Crippen LogP contribution >= 0.6 is 0 Å². The highest BCUT2D eigenvalue weighted by Gasteiger charge is 2.17. The number of halogens is 1. The second-order valence-electron chi connectivity index (χ2n) is 6.47. The van der Waals surface area contributed by atoms with Gasteiger partial charge in [0, 0.05) is 5.56 Å². The summed E-state index contributed by atoms with van der Waals surface area (Å²) in [6, 6.07) is 25.0. The van der Waals surface area contributed by atoms with Gasteiger partial charge in [-0.1, -0.05) is 60.7 Å². The first-order valence-corrected chi connectivity index (χ1v) is 9.12. The van der Waals surface area contributed by atoms with E-state index in [1.807, 2.05) is 60.7 Å². The Morgan fingerprint density at radius 1 is 0.897 bits per heavy atom. The van der Waals surface area contributed by atoms with Crippen LogP contribution in [0.5, 0.6) is 0 Å². The molecule has 0 saturated carbocycles. The minimum atomic E-state index is -0.339. The second-order valence-corrected chi connectivity index (χ2v) is 6.47. The third-order valence-corrected chi connectivity index (χ3v) is 4.41. The average Bonchev–Trinajstić information content (AvgIpc) is 3.22. The Morgan fingerprint density at radius 3 is 2.07 bits per heavy atom. The van der Waals surface area contributed by atoms with E-state index >= 15 is 0 Å². The van der Waals surface area contributed by atoms with Gasteiger partial charge < -0.3 is 5.32 Å². The highest BCUT2D eigenvalue weighted by Crippen LogP contribution is 2.21. The van der Waals surface area contributed by atoms with Crippen LogP contribution in [0.25, 0.3) is 11.4 Å². The predicted octanol–water partition coefficient (Wildman–Crippen LogP) is 3.39. The summed E-state index contributed by atoms with van der Waals surface area (Å²) in [7, 11) is 0. The first-order valence-electron chi connectivity index (χ1n) is 9.12. The molecule has 1 amide bonds. The molecule has 0 saturated heterocycles. The van der Waals surface area contributed by atoms with Gasteiger partial charge in [0.2, 0.25) is 11.7 Å². The lowest BCUT2D eigenvalue weighted by Gasteiger charge is -2.19. The van der Waals surface area contributed by atoms with Crippen molar-refractivity contribution < 1.29 is 9.18 Å². The normalized spacial score (nSPS) is 10.8. The van der Waals surface area contributed by atoms with E-state index < -0.39 is 0 Å². The summed E-state index contributed by atoms with van der Waals surface area (Å²) in [6.45, 7) is -0.0790. The zero-order valence-corrected chi connectivity index (χ0v) is 15.4. The van der Waals surface area contributed by atoms with Crippen molar-refractivity contribution >= 4 is 5.91 Å². The molecule has 4 rings (SSSR count). The highest BCUT2D eigenvalue weighted by atomic mass is 19.1. The first-order chi connectivity index (χ1) is 14.2. The molecule has 0 fully saturated rings. The molecule has 0 bridgehead atoms. The number of carbonyl (C=O) groups excluding carboxylic acids is 1. The minimum absolute atomic E-state index is 0.0790. The van der Waals surface area contributed by atoms with E-state index in [1.54, 1.807) is 12.1 Å². The highest BCUT2D eigenvalue weighted by molar-refractivity contribution is 5.76. The van der Waals surface area contributed by atoms with Crippen LogP contribution in [0.15, 0.2) is 84.9 Å². The topological polar surface area (TPSA) is 72.7 Å². The molecule has 4 aromatic rings. The number of nitrogens with one attached hydrogen (secondary N) is 1. The van der Waals surface area contributed by atoms with Gasteiger partial charge in [-0.05, 0) is 40.6 Å². The molecule has 144 valence electrons. The van der Waals surface area contributed by atoms with Gasteiger partial charge in [-0.3, -0.25) is 4.79 Å². The molecule has 6 nitrogen and oxygen atoms in total. The Kier molecular flexibility index (Phi) is 5.38. The van der Waals surface area contributed by atoms with Crippen molar-refractivity contribution in [2.45, 2.75) is 12.6 Å². The van der Waals surface area contributed by atoms with Crippen LogP contribution in [0.1, 0.15) is 17.2 Å². The molecule has 0 radical (unpaired) electrons. The van der Waals surface area contributed by atoms with Gasteiger partial charge in [0.05, 0.1) is 6.04 Å². The van der Waals surface area contributed by atoms with E-state index in [2.05, 4.69) is 20.7 Å². The van der Waals surface area contributed by atoms with Crippen molar-refractivity contribution in [3.05, 3.63) is 102 Å². The summed E-state index contributed by atoms with van der Waals surface area (Å²) in [5.74, 6) is -0.250. The summed E-state index contributed by atoms with van der Waals surface area (Å²) < 4.78 is 13.1. The molecule has 1 aromatic heterocycles. The van der Waals surface area contributed by atoms with E-state index in [-0.39, 0.29) is 24.3 Å². The third kappa shape index (κ3) is 4.52. The fourth-order valence-corrected chi connectivity index (χ4v) is 3.01. The fraction of sp³-hybridized carbons (Fsp3) is 0.0909. The molecule has 1 heterocycles. The van der Waals surface area contributed by atoms with E-state index in [1.165, 1.54) is 16.9 Å². The zero-order valence-electron chi connectivity index (χ0n) is 15.4. The number of rotatable bonds is 6. The number of amides is 1. The van der Waals surface area contributed by atoms with Crippen LogP contribution in [0.4, 0.5) is 4.39 Å². The molecule has 0 aliphatic carbocycles. The largest absolute Gasteiger partial charge is 0.344 e. The summed E-state index contributed by atoms with van der Waals surface area (Å²) in [4.78, 5) is 13.9. The average molecular weight is 387 g/mol. The van der Waals surface area contributed by atoms with E-state index in [4.69, 9.17) is 0 Å². The Bertz CT molecular complexity index is 1040. The summed E-state index contributed by atoms with van der Waals surface area (Å²) >= 11 is 0. The van der Waals surface area contributed by atoms with Crippen LogP contribution in [-0.2, 0) is 11.3 Å². The SMILES string of the molecule is O=C(Cn1nnc(-c2ccc(F)cc2)n1)NC(c1ccccc1)c1ccccc1. The molecule has 29 heavy (non-hydrogen) atoms. The lowest BCUT2D eigenvalue weighted by Crippen LogP contribution is -2.32. The standard InChI is InChI=1S/C22H18FN5O/c23-19-13-11-18(12-14-19)22-25-27-28(26-22)15-20(29)24-21(16-7-3-1-4-8-16)17-9-5-2-6-10-17/h1-14,21H,15H2,(H,24,29). The maximum Gasteiger partial charge on any atom is 0.244 e. The maximum absolute atomic E-state index is 13.1. The molecular formula is C22H18FN5O. The van der Waals surface area contributed by atoms with Crippen molar-refractivity contribution in [3.63, 3.8) is 0 Å². The monoisotopic (exact) mass is 387 g/mol. The molecule has 3 aromatic carbocycles. The van der Waals surface area contributed by atoms with E-state index in [9.17, 15) is 9.18 Å². The molecule has 1 N–H and O–H groups in total. The predicted molar refractivity (Wildman–Crippen MR) is 106 cm³/mol. The van der Waals surface area contributed by atoms with E-state index in [0.29, 0.717) is 11.4 Å². The van der Waals surface area contributed by atoms with Gasteiger partial charge >= 0.3 is 0 Å². The number of hydrogen-bond acceptors (Lipinski definition) is 4. The Hall–Kier alpha value is -3.87. The second kappa shape index (κ2) is 8.43. The van der Waals surface area contributed by atoms with Gasteiger partial charge in [0.15, 0.2) is 0 Å². The van der Waals surface area contributed by atoms with Gasteiger partial charge in [-0.2, -0.15) is 4.80 Å². The summed E-state index contributed by atoms with van der Waals surface area (Å²) in [5, 5.41) is 15.1. The number of aromatic nitrogens is 4. The van der Waals surface area contributed by atoms with Crippen molar-refractivity contribution in [1.29, 1.82) is 0 Å². The molecule has 0 aliphatic rings. The van der Waals surface area contributed by atoms with Crippen LogP contribution in [0.2, 0.25) is 0 Å². The van der Waals surface area contributed by atoms with Crippen LogP contribution < -0.4 is 5.32 Å². The van der Waals surface area contributed by atoms with Gasteiger partial charge in [-0.15, -0.1) is 10.2 Å². The smallest absolute Gasteiger partial charge is 0.244 e. The molecule has 0 spiro atoms. The Balaban J connectivity index is 1.49. The molecule has 0 unspecified atom stereocenters. The number of nitrogens with zero attached hydrogens (tertiary/aromatic N) is 4. The van der Waals surface area contributed by atoms with Crippen LogP contribution in [-0.4, -0.2) is 26.1 Å². The maximum atomic E-state index is 13.1. The molecule has 7 heteroatoms. The molecule has 0 aliphatic heterocycles. The van der Waals surface area contributed by atoms with Crippen molar-refractivity contribution in [3.8, 4) is 11.4 Å². The minimum Gasteiger partial charge on any atom is -0.344 e. The Morgan fingerprint density at radius 2 is 1.48 bits per heavy atom.